The predicted molar refractivity (Wildman–Crippen MR) is 87.0 cm³/mol. The Morgan fingerprint density at radius 3 is 2.79 bits per heavy atom. The Hall–Kier alpha value is -0.800. The van der Waals surface area contributed by atoms with Crippen LogP contribution in [0.25, 0.3) is 0 Å². The lowest BCUT2D eigenvalue weighted by Gasteiger charge is -2.36. The van der Waals surface area contributed by atoms with Crippen molar-refractivity contribution in [2.24, 2.45) is 11.1 Å². The molecule has 4 heteroatoms. The quantitative estimate of drug-likeness (QED) is 0.814. The summed E-state index contributed by atoms with van der Waals surface area (Å²) in [6, 6.07) is 6.22. The number of anilines is 1. The van der Waals surface area contributed by atoms with E-state index in [9.17, 15) is 0 Å². The lowest BCUT2D eigenvalue weighted by molar-refractivity contribution is 0.229. The molecule has 3 N–H and O–H groups in total. The first-order valence-corrected chi connectivity index (χ1v) is 7.52. The second-order valence-electron chi connectivity index (χ2n) is 6.16. The summed E-state index contributed by atoms with van der Waals surface area (Å²) in [7, 11) is 0. The van der Waals surface area contributed by atoms with E-state index in [1.54, 1.807) is 0 Å². The van der Waals surface area contributed by atoms with Crippen LogP contribution >= 0.6 is 23.8 Å². The lowest BCUT2D eigenvalue weighted by Crippen LogP contribution is -2.31. The van der Waals surface area contributed by atoms with Crippen molar-refractivity contribution in [3.8, 4) is 0 Å². The lowest BCUT2D eigenvalue weighted by atomic mass is 9.75. The minimum atomic E-state index is 0.382. The largest absolute Gasteiger partial charge is 0.389 e. The average Bonchev–Trinajstić information content (AvgIpc) is 2.30. The number of nitrogens with one attached hydrogen (secondary N) is 1. The SMILES string of the molecule is CC1(C)CCCC(Nc2ccc(C(N)=S)cc2Cl)C1. The fourth-order valence-corrected chi connectivity index (χ4v) is 3.19. The van der Waals surface area contributed by atoms with Crippen molar-refractivity contribution in [1.29, 1.82) is 0 Å². The fourth-order valence-electron chi connectivity index (χ4n) is 2.83. The van der Waals surface area contributed by atoms with E-state index in [-0.39, 0.29) is 0 Å². The Morgan fingerprint density at radius 1 is 1.47 bits per heavy atom. The van der Waals surface area contributed by atoms with E-state index in [2.05, 4.69) is 19.2 Å². The van der Waals surface area contributed by atoms with Gasteiger partial charge < -0.3 is 11.1 Å². The summed E-state index contributed by atoms with van der Waals surface area (Å²) in [6.45, 7) is 4.66. The van der Waals surface area contributed by atoms with E-state index >= 15 is 0 Å². The molecular formula is C15H21ClN2S. The third-order valence-electron chi connectivity index (χ3n) is 3.82. The minimum absolute atomic E-state index is 0.382. The van der Waals surface area contributed by atoms with E-state index in [1.807, 2.05) is 18.2 Å². The number of nitrogens with two attached hydrogens (primary N) is 1. The van der Waals surface area contributed by atoms with Crippen LogP contribution in [0.3, 0.4) is 0 Å². The highest BCUT2D eigenvalue weighted by atomic mass is 35.5. The van der Waals surface area contributed by atoms with Crippen LogP contribution in [0.4, 0.5) is 5.69 Å². The molecule has 1 aromatic rings. The zero-order valence-corrected chi connectivity index (χ0v) is 13.1. The Morgan fingerprint density at radius 2 is 2.21 bits per heavy atom. The molecule has 0 bridgehead atoms. The molecule has 0 heterocycles. The summed E-state index contributed by atoms with van der Waals surface area (Å²) in [4.78, 5) is 0.382. The Balaban J connectivity index is 2.09. The Kier molecular flexibility index (Phi) is 4.36. The molecule has 0 amide bonds. The van der Waals surface area contributed by atoms with Gasteiger partial charge in [-0.2, -0.15) is 0 Å². The first kappa shape index (κ1) is 14.6. The molecular weight excluding hydrogens is 276 g/mol. The minimum Gasteiger partial charge on any atom is -0.389 e. The van der Waals surface area contributed by atoms with Crippen LogP contribution in [0.1, 0.15) is 45.1 Å². The van der Waals surface area contributed by atoms with Gasteiger partial charge in [0.25, 0.3) is 0 Å². The second-order valence-corrected chi connectivity index (χ2v) is 7.01. The van der Waals surface area contributed by atoms with E-state index < -0.39 is 0 Å². The van der Waals surface area contributed by atoms with Crippen molar-refractivity contribution < 1.29 is 0 Å². The molecule has 0 aromatic heterocycles. The monoisotopic (exact) mass is 296 g/mol. The first-order valence-electron chi connectivity index (χ1n) is 6.73. The molecule has 2 rings (SSSR count). The summed E-state index contributed by atoms with van der Waals surface area (Å²) < 4.78 is 0. The molecule has 0 saturated heterocycles. The van der Waals surface area contributed by atoms with Gasteiger partial charge in [0.1, 0.15) is 4.99 Å². The molecule has 1 unspecified atom stereocenters. The summed E-state index contributed by atoms with van der Waals surface area (Å²) in [5.41, 5.74) is 7.81. The molecule has 1 saturated carbocycles. The molecule has 0 spiro atoms. The number of hydrogen-bond donors (Lipinski definition) is 2. The van der Waals surface area contributed by atoms with E-state index in [0.717, 1.165) is 11.3 Å². The molecule has 1 atom stereocenters. The molecule has 104 valence electrons. The first-order chi connectivity index (χ1) is 8.87. The van der Waals surface area contributed by atoms with Gasteiger partial charge >= 0.3 is 0 Å². The molecule has 1 aromatic carbocycles. The maximum atomic E-state index is 6.29. The van der Waals surface area contributed by atoms with Crippen molar-refractivity contribution >= 4 is 34.5 Å². The van der Waals surface area contributed by atoms with Gasteiger partial charge in [0, 0.05) is 11.6 Å². The zero-order valence-electron chi connectivity index (χ0n) is 11.5. The van der Waals surface area contributed by atoms with Gasteiger partial charge in [0.2, 0.25) is 0 Å². The van der Waals surface area contributed by atoms with Crippen LogP contribution < -0.4 is 11.1 Å². The van der Waals surface area contributed by atoms with Crippen molar-refractivity contribution in [3.05, 3.63) is 28.8 Å². The number of rotatable bonds is 3. The van der Waals surface area contributed by atoms with Gasteiger partial charge in [-0.15, -0.1) is 0 Å². The molecule has 2 nitrogen and oxygen atoms in total. The number of benzene rings is 1. The summed E-state index contributed by atoms with van der Waals surface area (Å²) in [5.74, 6) is 0. The van der Waals surface area contributed by atoms with Crippen molar-refractivity contribution in [2.75, 3.05) is 5.32 Å². The third kappa shape index (κ3) is 3.83. The Labute approximate surface area is 125 Å². The van der Waals surface area contributed by atoms with Crippen LogP contribution in [0.2, 0.25) is 5.02 Å². The molecule has 0 aliphatic heterocycles. The highest BCUT2D eigenvalue weighted by Gasteiger charge is 2.28. The van der Waals surface area contributed by atoms with Crippen LogP contribution in [0.15, 0.2) is 18.2 Å². The van der Waals surface area contributed by atoms with E-state index in [0.29, 0.717) is 21.5 Å². The zero-order chi connectivity index (χ0) is 14.0. The van der Waals surface area contributed by atoms with Crippen molar-refractivity contribution in [1.82, 2.24) is 0 Å². The number of halogens is 1. The van der Waals surface area contributed by atoms with Crippen molar-refractivity contribution in [3.63, 3.8) is 0 Å². The van der Waals surface area contributed by atoms with Crippen LogP contribution in [-0.2, 0) is 0 Å². The number of thiocarbonyl (C=S) groups is 1. The second kappa shape index (κ2) is 5.68. The van der Waals surface area contributed by atoms with Gasteiger partial charge in [0.05, 0.1) is 10.7 Å². The highest BCUT2D eigenvalue weighted by molar-refractivity contribution is 7.80. The van der Waals surface area contributed by atoms with Crippen LogP contribution in [0.5, 0.6) is 0 Å². The predicted octanol–water partition coefficient (Wildman–Crippen LogP) is 4.35. The number of hydrogen-bond acceptors (Lipinski definition) is 2. The molecule has 19 heavy (non-hydrogen) atoms. The van der Waals surface area contributed by atoms with Gasteiger partial charge in [0.15, 0.2) is 0 Å². The van der Waals surface area contributed by atoms with E-state index in [1.165, 1.54) is 25.7 Å². The summed E-state index contributed by atoms with van der Waals surface area (Å²) in [6.07, 6.45) is 4.96. The summed E-state index contributed by atoms with van der Waals surface area (Å²) in [5, 5.41) is 4.24. The third-order valence-corrected chi connectivity index (χ3v) is 4.37. The van der Waals surface area contributed by atoms with Crippen LogP contribution in [-0.4, -0.2) is 11.0 Å². The summed E-state index contributed by atoms with van der Waals surface area (Å²) >= 11 is 11.2. The Bertz CT molecular complexity index is 485. The highest BCUT2D eigenvalue weighted by Crippen LogP contribution is 2.37. The molecule has 0 radical (unpaired) electrons. The van der Waals surface area contributed by atoms with E-state index in [4.69, 9.17) is 29.6 Å². The van der Waals surface area contributed by atoms with Gasteiger partial charge in [-0.05, 0) is 42.9 Å². The van der Waals surface area contributed by atoms with Gasteiger partial charge in [-0.3, -0.25) is 0 Å². The molecule has 1 aliphatic rings. The van der Waals surface area contributed by atoms with Crippen molar-refractivity contribution in [2.45, 2.75) is 45.6 Å². The maximum absolute atomic E-state index is 6.29. The standard InChI is InChI=1S/C15H21ClN2S/c1-15(2)7-3-4-11(9-15)18-13-6-5-10(14(17)19)8-12(13)16/h5-6,8,11,18H,3-4,7,9H2,1-2H3,(H2,17,19). The van der Waals surface area contributed by atoms with Gasteiger partial charge in [-0.25, -0.2) is 0 Å². The normalized spacial score (nSPS) is 21.9. The average molecular weight is 297 g/mol. The molecule has 1 aliphatic carbocycles. The molecule has 1 fully saturated rings. The van der Waals surface area contributed by atoms with Gasteiger partial charge in [-0.1, -0.05) is 44.1 Å². The smallest absolute Gasteiger partial charge is 0.104 e. The topological polar surface area (TPSA) is 38.0 Å². The maximum Gasteiger partial charge on any atom is 0.104 e. The fraction of sp³-hybridized carbons (Fsp3) is 0.533. The van der Waals surface area contributed by atoms with Crippen LogP contribution in [0, 0.1) is 5.41 Å².